The number of carbonyl (C=O) groups excluding carboxylic acids is 6. The number of hydrogen-bond acceptors (Lipinski definition) is 12. The Hall–Kier alpha value is -7.13. The molecule has 2 saturated heterocycles. The first kappa shape index (κ1) is 43.1. The zero-order chi connectivity index (χ0) is 45.9. The number of aromatic amines is 1. The molecule has 0 bridgehead atoms. The van der Waals surface area contributed by atoms with Crippen LogP contribution in [-0.4, -0.2) is 125 Å². The topological polar surface area (TPSA) is 227 Å². The number of piperazine rings is 1. The summed E-state index contributed by atoms with van der Waals surface area (Å²) < 4.78 is 58.8. The van der Waals surface area contributed by atoms with Crippen molar-refractivity contribution in [1.82, 2.24) is 34.4 Å². The highest BCUT2D eigenvalue weighted by atomic mass is 32.2. The molecule has 9 rings (SSSR count). The molecule has 2 aromatic carbocycles. The average molecular weight is 909 g/mol. The smallest absolute Gasteiger partial charge is 0.301 e. The van der Waals surface area contributed by atoms with Gasteiger partial charge >= 0.3 is 10.2 Å². The molecule has 0 spiro atoms. The van der Waals surface area contributed by atoms with Crippen molar-refractivity contribution in [3.05, 3.63) is 101 Å². The Morgan fingerprint density at radius 1 is 0.923 bits per heavy atom. The van der Waals surface area contributed by atoms with Gasteiger partial charge in [-0.2, -0.15) is 12.7 Å². The van der Waals surface area contributed by atoms with Gasteiger partial charge in [0.25, 0.3) is 11.8 Å². The summed E-state index contributed by atoms with van der Waals surface area (Å²) in [5.41, 5.74) is 0.755. The van der Waals surface area contributed by atoms with E-state index in [1.165, 1.54) is 19.3 Å². The van der Waals surface area contributed by atoms with Crippen LogP contribution < -0.4 is 20.3 Å². The number of fused-ring (bicyclic) bond motifs is 2. The first-order chi connectivity index (χ1) is 31.1. The lowest BCUT2D eigenvalue weighted by molar-refractivity contribution is -0.139. The predicted molar refractivity (Wildman–Crippen MR) is 232 cm³/mol. The van der Waals surface area contributed by atoms with Gasteiger partial charge in [0, 0.05) is 105 Å². The van der Waals surface area contributed by atoms with Gasteiger partial charge < -0.3 is 20.1 Å². The number of H-pyrrole nitrogens is 1. The van der Waals surface area contributed by atoms with Crippen molar-refractivity contribution in [2.45, 2.75) is 44.7 Å². The van der Waals surface area contributed by atoms with Gasteiger partial charge in [0.15, 0.2) is 5.82 Å². The summed E-state index contributed by atoms with van der Waals surface area (Å²) in [7, 11) is -2.88. The Balaban J connectivity index is 0.804. The van der Waals surface area contributed by atoms with Crippen LogP contribution in [0.25, 0.3) is 22.2 Å². The zero-order valence-electron chi connectivity index (χ0n) is 35.1. The molecule has 65 heavy (non-hydrogen) atoms. The Kier molecular flexibility index (Phi) is 11.1. The molecule has 1 atom stereocenters. The fraction of sp³-hybridized carbons (Fsp3) is 0.318. The number of hydrogen-bond donors (Lipinski definition) is 4. The van der Waals surface area contributed by atoms with Crippen molar-refractivity contribution in [3.8, 4) is 11.1 Å². The largest absolute Gasteiger partial charge is 0.382 e. The molecule has 5 amide bonds. The van der Waals surface area contributed by atoms with Crippen molar-refractivity contribution in [3.63, 3.8) is 0 Å². The number of benzene rings is 2. The molecule has 3 fully saturated rings. The minimum atomic E-state index is -4.16. The summed E-state index contributed by atoms with van der Waals surface area (Å²) in [5.74, 6) is -5.34. The van der Waals surface area contributed by atoms with Gasteiger partial charge in [-0.15, -0.1) is 0 Å². The van der Waals surface area contributed by atoms with E-state index < -0.39 is 68.5 Å². The number of ketones is 1. The van der Waals surface area contributed by atoms with Gasteiger partial charge in [0.1, 0.15) is 23.3 Å². The third kappa shape index (κ3) is 7.83. The molecule has 21 heteroatoms. The quantitative estimate of drug-likeness (QED) is 0.104. The third-order valence-electron chi connectivity index (χ3n) is 12.5. The van der Waals surface area contributed by atoms with E-state index in [0.717, 1.165) is 21.3 Å². The van der Waals surface area contributed by atoms with E-state index in [2.05, 4.69) is 35.2 Å². The molecular weight excluding hydrogens is 867 g/mol. The molecular formula is C44H42F2N10O8S. The van der Waals surface area contributed by atoms with E-state index in [4.69, 9.17) is 0 Å². The number of anilines is 3. The van der Waals surface area contributed by atoms with Crippen LogP contribution in [0.2, 0.25) is 0 Å². The second-order valence-corrected chi connectivity index (χ2v) is 18.1. The van der Waals surface area contributed by atoms with Gasteiger partial charge in [-0.1, -0.05) is 13.0 Å². The highest BCUT2D eigenvalue weighted by molar-refractivity contribution is 7.90. The average Bonchev–Trinajstić information content (AvgIpc) is 3.82. The lowest BCUT2D eigenvalue weighted by Gasteiger charge is -2.41. The molecule has 18 nitrogen and oxygen atoms in total. The number of nitrogens with one attached hydrogen (secondary N) is 4. The number of imide groups is 2. The summed E-state index contributed by atoms with van der Waals surface area (Å²) in [6.07, 6.45) is 5.66. The van der Waals surface area contributed by atoms with E-state index in [-0.39, 0.29) is 59.3 Å². The number of carbonyl (C=O) groups is 6. The number of piperidine rings is 1. The highest BCUT2D eigenvalue weighted by Crippen LogP contribution is 2.37. The summed E-state index contributed by atoms with van der Waals surface area (Å²) in [6.45, 7) is 3.70. The van der Waals surface area contributed by atoms with Gasteiger partial charge in [-0.05, 0) is 61.7 Å². The molecule has 4 N–H and O–H groups in total. The molecule has 1 aliphatic carbocycles. The Labute approximate surface area is 370 Å². The van der Waals surface area contributed by atoms with Gasteiger partial charge in [0.2, 0.25) is 23.5 Å². The molecule has 3 aliphatic heterocycles. The highest BCUT2D eigenvalue weighted by Gasteiger charge is 2.46. The monoisotopic (exact) mass is 908 g/mol. The van der Waals surface area contributed by atoms with E-state index in [9.17, 15) is 37.2 Å². The first-order valence-electron chi connectivity index (χ1n) is 21.0. The van der Waals surface area contributed by atoms with Crippen LogP contribution in [0.15, 0.2) is 67.1 Å². The normalized spacial score (nSPS) is 20.0. The molecule has 4 aliphatic rings. The summed E-state index contributed by atoms with van der Waals surface area (Å²) >= 11 is 0. The zero-order valence-corrected chi connectivity index (χ0v) is 35.9. The van der Waals surface area contributed by atoms with Crippen LogP contribution >= 0.6 is 0 Å². The molecule has 5 aromatic rings. The van der Waals surface area contributed by atoms with Crippen LogP contribution in [0.4, 0.5) is 26.0 Å². The number of aromatic nitrogens is 3. The van der Waals surface area contributed by atoms with Gasteiger partial charge in [-0.25, -0.2) is 18.7 Å². The van der Waals surface area contributed by atoms with Crippen LogP contribution in [-0.2, 0) is 24.6 Å². The molecule has 1 saturated carbocycles. The predicted octanol–water partition coefficient (Wildman–Crippen LogP) is 3.68. The fourth-order valence-corrected chi connectivity index (χ4v) is 9.59. The maximum atomic E-state index is 15.6. The van der Waals surface area contributed by atoms with E-state index >= 15 is 8.78 Å². The summed E-state index contributed by atoms with van der Waals surface area (Å²) in [6, 6.07) is 10.8. The Morgan fingerprint density at radius 2 is 1.68 bits per heavy atom. The fourth-order valence-electron chi connectivity index (χ4n) is 8.66. The first-order valence-corrected chi connectivity index (χ1v) is 22.4. The summed E-state index contributed by atoms with van der Waals surface area (Å²) in [5, 5.41) is 5.82. The SMILES string of the molecule is CCN(C)S(=O)(=O)Nc1ccc(F)c(C(=O)c2c[nH]c3ncc(-c4ccc(N5CCN(C(=O)[C@H]6C[C@H](Nc7cccc8c7C(=O)N(C7CCC(=O)NC7=O)C8=O)C6)CC5)nc4)cc23)c1F. The van der Waals surface area contributed by atoms with Crippen LogP contribution in [0, 0.1) is 17.6 Å². The standard InChI is InChI=1S/C44H42F2N10O8S/c1-3-53(2)65(63,64)52-32-9-8-30(45)37(38(32)46)39(58)29-22-49-40-28(29)19-25(21-48-40)23-7-11-34(47-20-23)54-13-15-55(16-14-54)42(60)24-17-26(18-24)50-31-6-4-5-27-36(31)44(62)56(43(27)61)33-10-12-35(57)51-41(33)59/h4-9,11,19-22,24,26,33,50,52H,3,10,12-18H2,1-2H3,(H,48,49)(H,51,57,59)/t24-,26-,33?. The minimum Gasteiger partial charge on any atom is -0.382 e. The second kappa shape index (κ2) is 16.8. The number of nitrogens with zero attached hydrogens (tertiary/aromatic N) is 6. The Bertz CT molecular complexity index is 2930. The van der Waals surface area contributed by atoms with E-state index in [1.54, 1.807) is 37.5 Å². The van der Waals surface area contributed by atoms with Crippen molar-refractivity contribution in [2.75, 3.05) is 54.7 Å². The van der Waals surface area contributed by atoms with E-state index in [1.807, 2.05) is 17.0 Å². The van der Waals surface area contributed by atoms with Crippen LogP contribution in [0.1, 0.15) is 69.2 Å². The maximum Gasteiger partial charge on any atom is 0.301 e. The molecule has 336 valence electrons. The van der Waals surface area contributed by atoms with E-state index in [0.29, 0.717) is 67.3 Å². The summed E-state index contributed by atoms with van der Waals surface area (Å²) in [4.78, 5) is 94.8. The van der Waals surface area contributed by atoms with Crippen molar-refractivity contribution < 1.29 is 46.0 Å². The third-order valence-corrected chi connectivity index (χ3v) is 14.1. The minimum absolute atomic E-state index is 0.0257. The van der Waals surface area contributed by atoms with Gasteiger partial charge in [0.05, 0.1) is 22.4 Å². The van der Waals surface area contributed by atoms with Crippen molar-refractivity contribution in [2.24, 2.45) is 5.92 Å². The lowest BCUT2D eigenvalue weighted by Crippen LogP contribution is -2.54. The molecule has 6 heterocycles. The van der Waals surface area contributed by atoms with Crippen molar-refractivity contribution >= 4 is 73.8 Å². The Morgan fingerprint density at radius 3 is 2.38 bits per heavy atom. The number of rotatable bonds is 12. The maximum absolute atomic E-state index is 15.6. The van der Waals surface area contributed by atoms with Crippen LogP contribution in [0.3, 0.4) is 0 Å². The number of pyridine rings is 2. The molecule has 1 unspecified atom stereocenters. The van der Waals surface area contributed by atoms with Crippen molar-refractivity contribution in [1.29, 1.82) is 0 Å². The van der Waals surface area contributed by atoms with Crippen LogP contribution in [0.5, 0.6) is 0 Å². The molecule has 3 aromatic heterocycles. The lowest BCUT2D eigenvalue weighted by atomic mass is 9.79. The number of amides is 5. The second-order valence-electron chi connectivity index (χ2n) is 16.4. The molecule has 0 radical (unpaired) electrons. The number of halogens is 2. The van der Waals surface area contributed by atoms with Gasteiger partial charge in [-0.3, -0.25) is 43.7 Å².